The first kappa shape index (κ1) is 19.8. The topological polar surface area (TPSA) is 95.5 Å². The number of thiophene rings is 1. The summed E-state index contributed by atoms with van der Waals surface area (Å²) in [5, 5.41) is 15.9. The van der Waals surface area contributed by atoms with Gasteiger partial charge in [0, 0.05) is 22.8 Å². The molecule has 0 spiro atoms. The predicted molar refractivity (Wildman–Crippen MR) is 100 cm³/mol. The van der Waals surface area contributed by atoms with Crippen molar-refractivity contribution in [1.82, 2.24) is 0 Å². The zero-order valence-corrected chi connectivity index (χ0v) is 15.8. The van der Waals surface area contributed by atoms with Gasteiger partial charge in [0.25, 0.3) is 0 Å². The Morgan fingerprint density at radius 3 is 2.39 bits per heavy atom. The molecule has 1 heterocycles. The maximum Gasteiger partial charge on any atom is 0.341 e. The SMILES string of the molecule is COC(=O)c1c(-c2ccc(F)cc2)csc1NC(=O)[C@H]1CC=CC[C@@H]1C(=O)[O-]. The van der Waals surface area contributed by atoms with Gasteiger partial charge in [-0.25, -0.2) is 9.18 Å². The summed E-state index contributed by atoms with van der Waals surface area (Å²) in [6.45, 7) is 0. The average molecular weight is 402 g/mol. The molecular weight excluding hydrogens is 385 g/mol. The van der Waals surface area contributed by atoms with Crippen molar-refractivity contribution in [3.05, 3.63) is 53.2 Å². The molecule has 1 aliphatic rings. The molecule has 1 aromatic carbocycles. The van der Waals surface area contributed by atoms with Gasteiger partial charge in [0.1, 0.15) is 16.4 Å². The lowest BCUT2D eigenvalue weighted by Crippen LogP contribution is -2.41. The third-order valence-electron chi connectivity index (χ3n) is 4.64. The zero-order chi connectivity index (χ0) is 20.3. The Morgan fingerprint density at radius 2 is 1.79 bits per heavy atom. The number of allylic oxidation sites excluding steroid dienone is 2. The fraction of sp³-hybridized carbons (Fsp3) is 0.250. The number of carboxylic acid groups (broad SMARTS) is 1. The van der Waals surface area contributed by atoms with E-state index in [0.29, 0.717) is 11.1 Å². The van der Waals surface area contributed by atoms with E-state index in [-0.39, 0.29) is 23.4 Å². The predicted octanol–water partition coefficient (Wildman–Crippen LogP) is 2.61. The highest BCUT2D eigenvalue weighted by atomic mass is 32.1. The second kappa shape index (κ2) is 8.35. The Morgan fingerprint density at radius 1 is 1.14 bits per heavy atom. The standard InChI is InChI=1S/C20H18FNO5S/c1-27-20(26)16-15(11-6-8-12(21)9-7-11)10-28-18(16)22-17(23)13-4-2-3-5-14(13)19(24)25/h2-3,6-10,13-14H,4-5H2,1H3,(H,22,23)(H,24,25)/p-1/t13-,14-/m0/s1. The number of rotatable bonds is 5. The lowest BCUT2D eigenvalue weighted by Gasteiger charge is -2.28. The molecule has 2 atom stereocenters. The van der Waals surface area contributed by atoms with E-state index >= 15 is 0 Å². The van der Waals surface area contributed by atoms with Gasteiger partial charge in [-0.1, -0.05) is 24.3 Å². The molecule has 0 unspecified atom stereocenters. The number of amides is 1. The van der Waals surface area contributed by atoms with Gasteiger partial charge in [-0.3, -0.25) is 4.79 Å². The zero-order valence-electron chi connectivity index (χ0n) is 14.9. The van der Waals surface area contributed by atoms with Crippen LogP contribution in [0.25, 0.3) is 11.1 Å². The third kappa shape index (κ3) is 3.96. The van der Waals surface area contributed by atoms with Gasteiger partial charge < -0.3 is 20.0 Å². The van der Waals surface area contributed by atoms with Gasteiger partial charge in [-0.2, -0.15) is 0 Å². The Kier molecular flexibility index (Phi) is 5.89. The van der Waals surface area contributed by atoms with E-state index in [2.05, 4.69) is 5.32 Å². The largest absolute Gasteiger partial charge is 0.550 e. The molecule has 3 rings (SSSR count). The molecule has 0 radical (unpaired) electrons. The van der Waals surface area contributed by atoms with Crippen LogP contribution < -0.4 is 10.4 Å². The number of esters is 1. The Labute approximate surface area is 164 Å². The van der Waals surface area contributed by atoms with Crippen LogP contribution in [0.4, 0.5) is 9.39 Å². The van der Waals surface area contributed by atoms with Crippen LogP contribution in [0.1, 0.15) is 23.2 Å². The molecule has 2 aromatic rings. The van der Waals surface area contributed by atoms with Crippen molar-refractivity contribution in [3.8, 4) is 11.1 Å². The number of carbonyl (C=O) groups excluding carboxylic acids is 3. The number of aliphatic carboxylic acids is 1. The average Bonchev–Trinajstić information content (AvgIpc) is 3.11. The monoisotopic (exact) mass is 402 g/mol. The maximum atomic E-state index is 13.2. The fourth-order valence-corrected chi connectivity index (χ4v) is 4.13. The minimum Gasteiger partial charge on any atom is -0.550 e. The number of benzene rings is 1. The molecule has 1 N–H and O–H groups in total. The minimum atomic E-state index is -1.28. The van der Waals surface area contributed by atoms with Gasteiger partial charge in [0.05, 0.1) is 13.0 Å². The highest BCUT2D eigenvalue weighted by molar-refractivity contribution is 7.15. The maximum absolute atomic E-state index is 13.2. The molecular formula is C20H17FNO5S-. The van der Waals surface area contributed by atoms with E-state index in [1.54, 1.807) is 17.5 Å². The van der Waals surface area contributed by atoms with Crippen LogP contribution in [0, 0.1) is 17.7 Å². The van der Waals surface area contributed by atoms with Crippen molar-refractivity contribution in [1.29, 1.82) is 0 Å². The van der Waals surface area contributed by atoms with E-state index in [0.717, 1.165) is 11.3 Å². The summed E-state index contributed by atoms with van der Waals surface area (Å²) >= 11 is 1.11. The van der Waals surface area contributed by atoms with Crippen LogP contribution in [0.5, 0.6) is 0 Å². The van der Waals surface area contributed by atoms with Crippen molar-refractivity contribution >= 4 is 34.2 Å². The lowest BCUT2D eigenvalue weighted by atomic mass is 9.82. The molecule has 8 heteroatoms. The number of ether oxygens (including phenoxy) is 1. The number of nitrogens with one attached hydrogen (secondary N) is 1. The molecule has 0 saturated heterocycles. The van der Waals surface area contributed by atoms with Crippen LogP contribution >= 0.6 is 11.3 Å². The van der Waals surface area contributed by atoms with Crippen LogP contribution in [0.3, 0.4) is 0 Å². The van der Waals surface area contributed by atoms with E-state index in [1.165, 1.54) is 31.4 Å². The van der Waals surface area contributed by atoms with Crippen molar-refractivity contribution in [3.63, 3.8) is 0 Å². The van der Waals surface area contributed by atoms with Crippen molar-refractivity contribution in [2.24, 2.45) is 11.8 Å². The molecule has 146 valence electrons. The van der Waals surface area contributed by atoms with E-state index in [9.17, 15) is 23.9 Å². The summed E-state index contributed by atoms with van der Waals surface area (Å²) in [6, 6.07) is 5.58. The molecule has 0 fully saturated rings. The lowest BCUT2D eigenvalue weighted by molar-refractivity contribution is -0.313. The minimum absolute atomic E-state index is 0.142. The van der Waals surface area contributed by atoms with Crippen LogP contribution in [0.15, 0.2) is 41.8 Å². The van der Waals surface area contributed by atoms with Crippen molar-refractivity contribution in [2.75, 3.05) is 12.4 Å². The second-order valence-electron chi connectivity index (χ2n) is 6.32. The second-order valence-corrected chi connectivity index (χ2v) is 7.20. The van der Waals surface area contributed by atoms with Crippen LogP contribution in [0.2, 0.25) is 0 Å². The first-order valence-electron chi connectivity index (χ1n) is 8.54. The molecule has 1 aliphatic carbocycles. The van der Waals surface area contributed by atoms with Gasteiger partial charge in [-0.05, 0) is 30.5 Å². The van der Waals surface area contributed by atoms with Gasteiger partial charge in [0.15, 0.2) is 0 Å². The fourth-order valence-electron chi connectivity index (χ4n) is 3.17. The Hall–Kier alpha value is -3.00. The number of carboxylic acids is 1. The quantitative estimate of drug-likeness (QED) is 0.613. The molecule has 6 nitrogen and oxygen atoms in total. The summed E-state index contributed by atoms with van der Waals surface area (Å²) in [6.07, 6.45) is 3.95. The summed E-state index contributed by atoms with van der Waals surface area (Å²) in [5.74, 6) is -4.58. The molecule has 28 heavy (non-hydrogen) atoms. The van der Waals surface area contributed by atoms with E-state index < -0.39 is 35.5 Å². The highest BCUT2D eigenvalue weighted by Crippen LogP contribution is 2.37. The summed E-state index contributed by atoms with van der Waals surface area (Å²) < 4.78 is 18.0. The number of hydrogen-bond acceptors (Lipinski definition) is 6. The van der Waals surface area contributed by atoms with E-state index in [4.69, 9.17) is 4.74 Å². The normalized spacial score (nSPS) is 18.5. The molecule has 1 aromatic heterocycles. The Bertz CT molecular complexity index is 935. The smallest absolute Gasteiger partial charge is 0.341 e. The molecule has 1 amide bonds. The summed E-state index contributed by atoms with van der Waals surface area (Å²) in [7, 11) is 1.22. The third-order valence-corrected chi connectivity index (χ3v) is 5.54. The molecule has 0 saturated carbocycles. The molecule has 0 bridgehead atoms. The summed E-state index contributed by atoms with van der Waals surface area (Å²) in [5.41, 5.74) is 1.22. The van der Waals surface area contributed by atoms with E-state index in [1.807, 2.05) is 0 Å². The summed E-state index contributed by atoms with van der Waals surface area (Å²) in [4.78, 5) is 36.4. The van der Waals surface area contributed by atoms with Crippen LogP contribution in [-0.4, -0.2) is 25.0 Å². The number of carbonyl (C=O) groups is 3. The van der Waals surface area contributed by atoms with Crippen LogP contribution in [-0.2, 0) is 14.3 Å². The number of halogens is 1. The number of hydrogen-bond donors (Lipinski definition) is 1. The van der Waals surface area contributed by atoms with Gasteiger partial charge in [0.2, 0.25) is 5.91 Å². The first-order valence-corrected chi connectivity index (χ1v) is 9.42. The number of anilines is 1. The van der Waals surface area contributed by atoms with Gasteiger partial charge in [-0.15, -0.1) is 11.3 Å². The van der Waals surface area contributed by atoms with Crippen molar-refractivity contribution in [2.45, 2.75) is 12.8 Å². The molecule has 0 aliphatic heterocycles. The van der Waals surface area contributed by atoms with Crippen molar-refractivity contribution < 1.29 is 28.6 Å². The van der Waals surface area contributed by atoms with Gasteiger partial charge >= 0.3 is 5.97 Å². The highest BCUT2D eigenvalue weighted by Gasteiger charge is 2.31. The number of methoxy groups -OCH3 is 1. The Balaban J connectivity index is 1.92. The first-order chi connectivity index (χ1) is 13.4.